The summed E-state index contributed by atoms with van der Waals surface area (Å²) in [7, 11) is -3.77. The van der Waals surface area contributed by atoms with E-state index < -0.39 is 15.8 Å². The fourth-order valence-corrected chi connectivity index (χ4v) is 5.19. The van der Waals surface area contributed by atoms with E-state index in [-0.39, 0.29) is 30.3 Å². The average Bonchev–Trinajstić information content (AvgIpc) is 2.95. The summed E-state index contributed by atoms with van der Waals surface area (Å²) in [5, 5.41) is 4.56. The van der Waals surface area contributed by atoms with Crippen molar-refractivity contribution >= 4 is 15.9 Å². The maximum Gasteiger partial charge on any atom is 0.243 e. The molecule has 0 saturated carbocycles. The number of piperazine rings is 1. The van der Waals surface area contributed by atoms with Gasteiger partial charge in [-0.1, -0.05) is 19.9 Å². The SMILES string of the molecule is Cc1nn(CC(C)C)c(C)c1CC(=O)N1CCN(S(=O)(=O)c2cccc(F)c2)CC1. The molecular formula is C21H29FN4O3S. The molecule has 1 saturated heterocycles. The monoisotopic (exact) mass is 436 g/mol. The lowest BCUT2D eigenvalue weighted by molar-refractivity contribution is -0.131. The zero-order chi connectivity index (χ0) is 22.1. The summed E-state index contributed by atoms with van der Waals surface area (Å²) in [4.78, 5) is 14.5. The van der Waals surface area contributed by atoms with Gasteiger partial charge in [0.05, 0.1) is 17.0 Å². The normalized spacial score (nSPS) is 15.7. The average molecular weight is 437 g/mol. The summed E-state index contributed by atoms with van der Waals surface area (Å²) in [5.74, 6) is -0.165. The minimum atomic E-state index is -3.77. The molecule has 0 atom stereocenters. The molecule has 2 heterocycles. The number of carbonyl (C=O) groups is 1. The number of sulfonamides is 1. The Kier molecular flexibility index (Phi) is 6.62. The first-order valence-electron chi connectivity index (χ1n) is 10.2. The minimum absolute atomic E-state index is 0.0342. The highest BCUT2D eigenvalue weighted by Crippen LogP contribution is 2.20. The molecule has 164 valence electrons. The molecule has 0 aliphatic carbocycles. The van der Waals surface area contributed by atoms with Gasteiger partial charge in [0.2, 0.25) is 15.9 Å². The molecule has 9 heteroatoms. The van der Waals surface area contributed by atoms with Crippen LogP contribution < -0.4 is 0 Å². The first-order valence-corrected chi connectivity index (χ1v) is 11.6. The number of aryl methyl sites for hydroxylation is 1. The number of hydrogen-bond donors (Lipinski definition) is 0. The molecule has 1 aliphatic rings. The van der Waals surface area contributed by atoms with E-state index >= 15 is 0 Å². The topological polar surface area (TPSA) is 75.5 Å². The Hall–Kier alpha value is -2.26. The van der Waals surface area contributed by atoms with E-state index in [1.165, 1.54) is 22.5 Å². The van der Waals surface area contributed by atoms with Gasteiger partial charge >= 0.3 is 0 Å². The van der Waals surface area contributed by atoms with Crippen LogP contribution >= 0.6 is 0 Å². The van der Waals surface area contributed by atoms with Crippen LogP contribution in [0.5, 0.6) is 0 Å². The Labute approximate surface area is 177 Å². The van der Waals surface area contributed by atoms with Crippen molar-refractivity contribution < 1.29 is 17.6 Å². The highest BCUT2D eigenvalue weighted by Gasteiger charge is 2.30. The number of nitrogens with zero attached hydrogens (tertiary/aromatic N) is 4. The second-order valence-electron chi connectivity index (χ2n) is 8.14. The second-order valence-corrected chi connectivity index (χ2v) is 10.1. The van der Waals surface area contributed by atoms with Crippen LogP contribution in [0, 0.1) is 25.6 Å². The van der Waals surface area contributed by atoms with Crippen molar-refractivity contribution in [3.05, 3.63) is 47.0 Å². The number of aromatic nitrogens is 2. The zero-order valence-electron chi connectivity index (χ0n) is 17.9. The molecule has 1 aliphatic heterocycles. The summed E-state index contributed by atoms with van der Waals surface area (Å²) in [5.41, 5.74) is 2.80. The van der Waals surface area contributed by atoms with Crippen molar-refractivity contribution in [3.8, 4) is 0 Å². The van der Waals surface area contributed by atoms with Gasteiger partial charge in [-0.3, -0.25) is 9.48 Å². The lowest BCUT2D eigenvalue weighted by Crippen LogP contribution is -2.50. The summed E-state index contributed by atoms with van der Waals surface area (Å²) in [6.45, 7) is 9.95. The number of halogens is 1. The van der Waals surface area contributed by atoms with Crippen molar-refractivity contribution in [2.45, 2.75) is 45.6 Å². The molecule has 2 aromatic rings. The summed E-state index contributed by atoms with van der Waals surface area (Å²) >= 11 is 0. The zero-order valence-corrected chi connectivity index (χ0v) is 18.7. The number of hydrogen-bond acceptors (Lipinski definition) is 4. The van der Waals surface area contributed by atoms with E-state index in [1.54, 1.807) is 4.90 Å². The molecule has 7 nitrogen and oxygen atoms in total. The van der Waals surface area contributed by atoms with Gasteiger partial charge in [-0.25, -0.2) is 12.8 Å². The third-order valence-electron chi connectivity index (χ3n) is 5.42. The number of amides is 1. The van der Waals surface area contributed by atoms with Crippen LogP contribution in [0.1, 0.15) is 30.8 Å². The summed E-state index contributed by atoms with van der Waals surface area (Å²) < 4.78 is 42.2. The smallest absolute Gasteiger partial charge is 0.243 e. The molecule has 0 radical (unpaired) electrons. The fraction of sp³-hybridized carbons (Fsp3) is 0.524. The summed E-state index contributed by atoms with van der Waals surface area (Å²) in [6.07, 6.45) is 0.256. The number of benzene rings is 1. The predicted molar refractivity (Wildman–Crippen MR) is 112 cm³/mol. The molecule has 1 aromatic heterocycles. The second kappa shape index (κ2) is 8.85. The van der Waals surface area contributed by atoms with Crippen LogP contribution in [0.15, 0.2) is 29.2 Å². The van der Waals surface area contributed by atoms with Crippen LogP contribution in [-0.4, -0.2) is 59.5 Å². The highest BCUT2D eigenvalue weighted by molar-refractivity contribution is 7.89. The van der Waals surface area contributed by atoms with Crippen molar-refractivity contribution in [1.29, 1.82) is 0 Å². The fourth-order valence-electron chi connectivity index (χ4n) is 3.73. The maximum atomic E-state index is 13.4. The van der Waals surface area contributed by atoms with Crippen LogP contribution in [-0.2, 0) is 27.8 Å². The molecule has 1 amide bonds. The summed E-state index contributed by atoms with van der Waals surface area (Å²) in [6, 6.07) is 5.00. The Morgan fingerprint density at radius 2 is 1.83 bits per heavy atom. The van der Waals surface area contributed by atoms with Gasteiger partial charge in [0.25, 0.3) is 0 Å². The first-order chi connectivity index (χ1) is 14.1. The van der Waals surface area contributed by atoms with E-state index in [9.17, 15) is 17.6 Å². The molecule has 1 aromatic carbocycles. The van der Waals surface area contributed by atoms with Gasteiger partial charge in [0.15, 0.2) is 0 Å². The number of rotatable bonds is 6. The molecule has 30 heavy (non-hydrogen) atoms. The van der Waals surface area contributed by atoms with Gasteiger partial charge < -0.3 is 4.90 Å². The van der Waals surface area contributed by atoms with E-state index in [4.69, 9.17) is 0 Å². The third kappa shape index (κ3) is 4.73. The molecule has 0 unspecified atom stereocenters. The predicted octanol–water partition coefficient (Wildman–Crippen LogP) is 2.37. The van der Waals surface area contributed by atoms with E-state index in [2.05, 4.69) is 18.9 Å². The Morgan fingerprint density at radius 1 is 1.17 bits per heavy atom. The van der Waals surface area contributed by atoms with Crippen molar-refractivity contribution in [2.75, 3.05) is 26.2 Å². The standard InChI is InChI=1S/C21H29FN4O3S/c1-15(2)14-26-17(4)20(16(3)23-26)13-21(27)24-8-10-25(11-9-24)30(28,29)19-7-5-6-18(22)12-19/h5-7,12,15H,8-11,13-14H2,1-4H3. The van der Waals surface area contributed by atoms with Crippen LogP contribution in [0.4, 0.5) is 4.39 Å². The lowest BCUT2D eigenvalue weighted by atomic mass is 10.1. The van der Waals surface area contributed by atoms with Crippen molar-refractivity contribution in [2.24, 2.45) is 5.92 Å². The van der Waals surface area contributed by atoms with Gasteiger partial charge in [0, 0.05) is 44.0 Å². The first kappa shape index (κ1) is 22.4. The highest BCUT2D eigenvalue weighted by atomic mass is 32.2. The minimum Gasteiger partial charge on any atom is -0.340 e. The van der Waals surface area contributed by atoms with E-state index in [0.29, 0.717) is 19.0 Å². The molecule has 0 N–H and O–H groups in total. The van der Waals surface area contributed by atoms with Gasteiger partial charge in [-0.05, 0) is 38.0 Å². The van der Waals surface area contributed by atoms with Crippen LogP contribution in [0.3, 0.4) is 0 Å². The quantitative estimate of drug-likeness (QED) is 0.697. The molecular weight excluding hydrogens is 407 g/mol. The Balaban J connectivity index is 1.64. The largest absolute Gasteiger partial charge is 0.340 e. The van der Waals surface area contributed by atoms with Gasteiger partial charge in [0.1, 0.15) is 5.82 Å². The maximum absolute atomic E-state index is 13.4. The molecule has 0 spiro atoms. The lowest BCUT2D eigenvalue weighted by Gasteiger charge is -2.34. The van der Waals surface area contributed by atoms with Gasteiger partial charge in [-0.15, -0.1) is 0 Å². The third-order valence-corrected chi connectivity index (χ3v) is 7.32. The van der Waals surface area contributed by atoms with Crippen LogP contribution in [0.25, 0.3) is 0 Å². The molecule has 1 fully saturated rings. The molecule has 3 rings (SSSR count). The number of carbonyl (C=O) groups excluding carboxylic acids is 1. The van der Waals surface area contributed by atoms with E-state index in [1.807, 2.05) is 18.5 Å². The van der Waals surface area contributed by atoms with E-state index in [0.717, 1.165) is 29.6 Å². The van der Waals surface area contributed by atoms with Crippen molar-refractivity contribution in [3.63, 3.8) is 0 Å². The Bertz CT molecular complexity index is 1020. The van der Waals surface area contributed by atoms with Crippen LogP contribution in [0.2, 0.25) is 0 Å². The Morgan fingerprint density at radius 3 is 2.43 bits per heavy atom. The van der Waals surface area contributed by atoms with Gasteiger partial charge in [-0.2, -0.15) is 9.40 Å². The van der Waals surface area contributed by atoms with Crippen molar-refractivity contribution in [1.82, 2.24) is 19.0 Å². The molecule has 0 bridgehead atoms.